The quantitative estimate of drug-likeness (QED) is 0.268. The molecule has 0 aromatic rings. The molecule has 0 aliphatic heterocycles. The van der Waals surface area contributed by atoms with Crippen LogP contribution in [0.4, 0.5) is 0 Å². The molecule has 0 saturated heterocycles. The third-order valence-corrected chi connectivity index (χ3v) is 5.93. The first-order valence-electron chi connectivity index (χ1n) is 11.7. The van der Waals surface area contributed by atoms with Crippen molar-refractivity contribution in [3.8, 4) is 0 Å². The minimum atomic E-state index is -1.12. The molecule has 0 aliphatic rings. The van der Waals surface area contributed by atoms with Crippen LogP contribution >= 0.6 is 0 Å². The zero-order valence-electron chi connectivity index (χ0n) is 20.9. The maximum atomic E-state index is 13.1. The molecule has 6 atom stereocenters. The predicted molar refractivity (Wildman–Crippen MR) is 125 cm³/mol. The summed E-state index contributed by atoms with van der Waals surface area (Å²) in [5, 5.41) is 17.5. The van der Waals surface area contributed by atoms with Crippen LogP contribution in [0.3, 0.4) is 0 Å². The highest BCUT2D eigenvalue weighted by molar-refractivity contribution is 5.94. The number of carbonyl (C=O) groups is 4. The van der Waals surface area contributed by atoms with Gasteiger partial charge in [0.15, 0.2) is 0 Å². The number of rotatable bonds is 14. The molecule has 6 unspecified atom stereocenters. The Morgan fingerprint density at radius 2 is 1.22 bits per heavy atom. The van der Waals surface area contributed by atoms with E-state index in [0.29, 0.717) is 19.3 Å². The van der Waals surface area contributed by atoms with Crippen molar-refractivity contribution in [2.45, 2.75) is 98.8 Å². The van der Waals surface area contributed by atoms with Crippen molar-refractivity contribution in [1.82, 2.24) is 16.0 Å². The van der Waals surface area contributed by atoms with Crippen molar-refractivity contribution < 1.29 is 24.3 Å². The molecule has 0 aromatic carbocycles. The SMILES string of the molecule is CCC(C)C(NC(=O)C(CC(C)C)NC(=O)C(NC(=O)C(N)C(C)C)C(C)CC)C(=O)O. The number of amides is 3. The van der Waals surface area contributed by atoms with Crippen LogP contribution < -0.4 is 21.7 Å². The van der Waals surface area contributed by atoms with E-state index in [-0.39, 0.29) is 23.7 Å². The average molecular weight is 457 g/mol. The first-order chi connectivity index (χ1) is 14.8. The van der Waals surface area contributed by atoms with Crippen LogP contribution in [0.5, 0.6) is 0 Å². The van der Waals surface area contributed by atoms with Crippen molar-refractivity contribution in [3.63, 3.8) is 0 Å². The third-order valence-electron chi connectivity index (χ3n) is 5.93. The van der Waals surface area contributed by atoms with Crippen molar-refractivity contribution in [2.24, 2.45) is 29.4 Å². The Morgan fingerprint density at radius 1 is 0.750 bits per heavy atom. The Morgan fingerprint density at radius 3 is 1.62 bits per heavy atom. The lowest BCUT2D eigenvalue weighted by Gasteiger charge is -2.29. The van der Waals surface area contributed by atoms with Crippen LogP contribution in [0.25, 0.3) is 0 Å². The molecule has 0 radical (unpaired) electrons. The summed E-state index contributed by atoms with van der Waals surface area (Å²) in [6, 6.07) is -3.58. The van der Waals surface area contributed by atoms with E-state index in [1.54, 1.807) is 6.92 Å². The van der Waals surface area contributed by atoms with E-state index in [0.717, 1.165) is 0 Å². The van der Waals surface area contributed by atoms with E-state index in [9.17, 15) is 24.3 Å². The van der Waals surface area contributed by atoms with Crippen molar-refractivity contribution in [3.05, 3.63) is 0 Å². The zero-order valence-corrected chi connectivity index (χ0v) is 20.9. The fourth-order valence-electron chi connectivity index (χ4n) is 3.16. The summed E-state index contributed by atoms with van der Waals surface area (Å²) in [5.74, 6) is -3.05. The molecule has 0 aromatic heterocycles. The number of nitrogens with one attached hydrogen (secondary N) is 3. The lowest BCUT2D eigenvalue weighted by molar-refractivity contribution is -0.144. The molecule has 3 amide bonds. The van der Waals surface area contributed by atoms with Gasteiger partial charge < -0.3 is 26.8 Å². The summed E-state index contributed by atoms with van der Waals surface area (Å²) in [6.45, 7) is 14.8. The lowest BCUT2D eigenvalue weighted by Crippen LogP contribution is -2.59. The number of hydrogen-bond acceptors (Lipinski definition) is 5. The number of aliphatic carboxylic acids is 1. The minimum Gasteiger partial charge on any atom is -0.480 e. The summed E-state index contributed by atoms with van der Waals surface area (Å²) in [4.78, 5) is 50.2. The van der Waals surface area contributed by atoms with Crippen molar-refractivity contribution >= 4 is 23.7 Å². The zero-order chi connectivity index (χ0) is 25.2. The second kappa shape index (κ2) is 14.1. The van der Waals surface area contributed by atoms with Gasteiger partial charge in [-0.25, -0.2) is 4.79 Å². The smallest absolute Gasteiger partial charge is 0.326 e. The molecule has 0 spiro atoms. The normalized spacial score (nSPS) is 17.1. The molecule has 0 saturated carbocycles. The topological polar surface area (TPSA) is 151 Å². The van der Waals surface area contributed by atoms with E-state index in [1.807, 2.05) is 48.5 Å². The van der Waals surface area contributed by atoms with E-state index in [2.05, 4.69) is 16.0 Å². The van der Waals surface area contributed by atoms with Crippen molar-refractivity contribution in [2.75, 3.05) is 0 Å². The Balaban J connectivity index is 5.62. The van der Waals surface area contributed by atoms with Gasteiger partial charge in [-0.2, -0.15) is 0 Å². The standard InChI is InChI=1S/C23H44N4O5/c1-9-14(7)18(26-21(29)17(24)13(5)6)22(30)25-16(11-12(3)4)20(28)27-19(23(31)32)15(8)10-2/h12-19H,9-11,24H2,1-8H3,(H,25,30)(H,26,29)(H,27,28)(H,31,32). The first-order valence-corrected chi connectivity index (χ1v) is 11.7. The van der Waals surface area contributed by atoms with E-state index in [1.165, 1.54) is 0 Å². The summed E-state index contributed by atoms with van der Waals surface area (Å²) in [7, 11) is 0. The second-order valence-corrected chi connectivity index (χ2v) is 9.54. The highest BCUT2D eigenvalue weighted by atomic mass is 16.4. The van der Waals surface area contributed by atoms with Crippen LogP contribution in [-0.4, -0.2) is 53.0 Å². The molecule has 0 aliphatic carbocycles. The molecule has 0 heterocycles. The van der Waals surface area contributed by atoms with Crippen LogP contribution in [-0.2, 0) is 19.2 Å². The van der Waals surface area contributed by atoms with Crippen LogP contribution in [0.2, 0.25) is 0 Å². The van der Waals surface area contributed by atoms with E-state index in [4.69, 9.17) is 5.73 Å². The van der Waals surface area contributed by atoms with Crippen molar-refractivity contribution in [1.29, 1.82) is 0 Å². The summed E-state index contributed by atoms with van der Waals surface area (Å²) in [5.41, 5.74) is 5.93. The van der Waals surface area contributed by atoms with Gasteiger partial charge in [0.2, 0.25) is 17.7 Å². The maximum absolute atomic E-state index is 13.1. The Kier molecular flexibility index (Phi) is 13.1. The number of nitrogens with two attached hydrogens (primary N) is 1. The second-order valence-electron chi connectivity index (χ2n) is 9.54. The number of hydrogen-bond donors (Lipinski definition) is 5. The number of carboxylic acids is 1. The Hall–Kier alpha value is -2.16. The van der Waals surface area contributed by atoms with Gasteiger partial charge in [-0.05, 0) is 30.1 Å². The molecular weight excluding hydrogens is 412 g/mol. The van der Waals surface area contributed by atoms with Gasteiger partial charge in [0.05, 0.1) is 6.04 Å². The summed E-state index contributed by atoms with van der Waals surface area (Å²) >= 11 is 0. The predicted octanol–water partition coefficient (Wildman–Crippen LogP) is 1.65. The molecule has 0 fully saturated rings. The molecule has 6 N–H and O–H groups in total. The van der Waals surface area contributed by atoms with Gasteiger partial charge in [-0.15, -0.1) is 0 Å². The van der Waals surface area contributed by atoms with Gasteiger partial charge in [0.1, 0.15) is 18.1 Å². The highest BCUT2D eigenvalue weighted by Crippen LogP contribution is 2.13. The fraction of sp³-hybridized carbons (Fsp3) is 0.826. The first kappa shape index (κ1) is 29.8. The van der Waals surface area contributed by atoms with Gasteiger partial charge in [-0.1, -0.05) is 68.2 Å². The van der Waals surface area contributed by atoms with Crippen LogP contribution in [0, 0.1) is 23.7 Å². The molecule has 9 heteroatoms. The molecule has 0 bridgehead atoms. The molecule has 9 nitrogen and oxygen atoms in total. The average Bonchev–Trinajstić information content (AvgIpc) is 2.72. The van der Waals surface area contributed by atoms with Gasteiger partial charge in [0.25, 0.3) is 0 Å². The Bertz CT molecular complexity index is 638. The largest absolute Gasteiger partial charge is 0.480 e. The number of carboxylic acid groups (broad SMARTS) is 1. The van der Waals surface area contributed by atoms with Crippen LogP contribution in [0.15, 0.2) is 0 Å². The summed E-state index contributed by atoms with van der Waals surface area (Å²) in [6.07, 6.45) is 1.54. The highest BCUT2D eigenvalue weighted by Gasteiger charge is 2.34. The maximum Gasteiger partial charge on any atom is 0.326 e. The Labute approximate surface area is 192 Å². The van der Waals surface area contributed by atoms with E-state index < -0.39 is 47.9 Å². The van der Waals surface area contributed by atoms with Gasteiger partial charge in [0, 0.05) is 0 Å². The molecule has 186 valence electrons. The lowest BCUT2D eigenvalue weighted by atomic mass is 9.95. The minimum absolute atomic E-state index is 0.0731. The summed E-state index contributed by atoms with van der Waals surface area (Å²) < 4.78 is 0. The molecule has 32 heavy (non-hydrogen) atoms. The van der Waals surface area contributed by atoms with Gasteiger partial charge in [-0.3, -0.25) is 14.4 Å². The molecular formula is C23H44N4O5. The third kappa shape index (κ3) is 9.54. The number of carbonyl (C=O) groups excluding carboxylic acids is 3. The fourth-order valence-corrected chi connectivity index (χ4v) is 3.16. The van der Waals surface area contributed by atoms with E-state index >= 15 is 0 Å². The van der Waals surface area contributed by atoms with Gasteiger partial charge >= 0.3 is 5.97 Å². The monoisotopic (exact) mass is 456 g/mol. The molecule has 0 rings (SSSR count). The van der Waals surface area contributed by atoms with Crippen LogP contribution in [0.1, 0.15) is 74.7 Å².